The van der Waals surface area contributed by atoms with Crippen molar-refractivity contribution in [1.82, 2.24) is 10.6 Å². The zero-order chi connectivity index (χ0) is 19.5. The monoisotopic (exact) mass is 386 g/mol. The smallest absolute Gasteiger partial charge is 0.331 e. The minimum absolute atomic E-state index is 0.490. The van der Waals surface area contributed by atoms with Gasteiger partial charge in [0.2, 0.25) is 0 Å². The van der Waals surface area contributed by atoms with Crippen molar-refractivity contribution in [2.24, 2.45) is 0 Å². The maximum absolute atomic E-state index is 11.7. The number of hydrogen-bond donors (Lipinski definition) is 2. The van der Waals surface area contributed by atoms with Crippen molar-refractivity contribution in [1.29, 1.82) is 0 Å². The molecule has 1 aromatic carbocycles. The number of ether oxygens (including phenoxy) is 1. The molecule has 0 atom stereocenters. The summed E-state index contributed by atoms with van der Waals surface area (Å²) in [5.74, 6) is -1.32. The molecule has 0 spiro atoms. The molecule has 1 heterocycles. The first kappa shape index (κ1) is 20.4. The number of unbranched alkanes of at least 4 members (excludes halogenated alkanes) is 1. The Hall–Kier alpha value is -2.93. The minimum Gasteiger partial charge on any atom is -0.452 e. The van der Waals surface area contributed by atoms with Gasteiger partial charge in [0.25, 0.3) is 5.91 Å². The molecule has 2 rings (SSSR count). The fraction of sp³-hybridized carbons (Fsp3) is 0.250. The number of carbonyl (C=O) groups is 3. The number of amides is 3. The molecule has 142 valence electrons. The number of esters is 1. The average molecular weight is 386 g/mol. The van der Waals surface area contributed by atoms with E-state index in [1.807, 2.05) is 49.4 Å². The summed E-state index contributed by atoms with van der Waals surface area (Å²) in [4.78, 5) is 36.7. The van der Waals surface area contributed by atoms with Crippen LogP contribution in [-0.4, -0.2) is 31.1 Å². The third-order valence-corrected chi connectivity index (χ3v) is 4.58. The lowest BCUT2D eigenvalue weighted by Gasteiger charge is -2.05. The molecule has 0 bridgehead atoms. The maximum Gasteiger partial charge on any atom is 0.331 e. The molecule has 0 radical (unpaired) electrons. The molecular formula is C20H22N2O4S. The zero-order valence-corrected chi connectivity index (χ0v) is 15.9. The number of rotatable bonds is 8. The highest BCUT2D eigenvalue weighted by Gasteiger charge is 2.09. The quantitative estimate of drug-likeness (QED) is 0.412. The van der Waals surface area contributed by atoms with Gasteiger partial charge in [0, 0.05) is 22.4 Å². The molecule has 1 aromatic heterocycles. The standard InChI is InChI=1S/C20H22N2O4S/c1-2-3-13-21-20(25)22-18(23)14-26-19(24)12-10-16-9-11-17(27-16)15-7-5-4-6-8-15/h4-12H,2-3,13-14H2,1H3,(H2,21,22,23,25)/b12-10+. The van der Waals surface area contributed by atoms with Crippen molar-refractivity contribution in [3.05, 3.63) is 53.4 Å². The van der Waals surface area contributed by atoms with Crippen LogP contribution in [0.3, 0.4) is 0 Å². The van der Waals surface area contributed by atoms with Crippen molar-refractivity contribution < 1.29 is 19.1 Å². The second-order valence-corrected chi connectivity index (χ2v) is 6.78. The number of thiophene rings is 1. The van der Waals surface area contributed by atoms with Crippen LogP contribution in [0.4, 0.5) is 4.79 Å². The highest BCUT2D eigenvalue weighted by atomic mass is 32.1. The van der Waals surface area contributed by atoms with Gasteiger partial charge in [0.15, 0.2) is 6.61 Å². The van der Waals surface area contributed by atoms with E-state index in [1.54, 1.807) is 17.4 Å². The van der Waals surface area contributed by atoms with Gasteiger partial charge in [0.1, 0.15) is 0 Å². The summed E-state index contributed by atoms with van der Waals surface area (Å²) < 4.78 is 4.83. The van der Waals surface area contributed by atoms with Crippen molar-refractivity contribution in [3.8, 4) is 10.4 Å². The maximum atomic E-state index is 11.7. The Morgan fingerprint density at radius 3 is 2.63 bits per heavy atom. The Morgan fingerprint density at radius 1 is 1.11 bits per heavy atom. The van der Waals surface area contributed by atoms with Crippen molar-refractivity contribution in [3.63, 3.8) is 0 Å². The van der Waals surface area contributed by atoms with Gasteiger partial charge < -0.3 is 10.1 Å². The van der Waals surface area contributed by atoms with E-state index in [4.69, 9.17) is 4.74 Å². The predicted molar refractivity (Wildman–Crippen MR) is 106 cm³/mol. The Morgan fingerprint density at radius 2 is 1.89 bits per heavy atom. The lowest BCUT2D eigenvalue weighted by atomic mass is 10.2. The van der Waals surface area contributed by atoms with Gasteiger partial charge in [-0.3, -0.25) is 10.1 Å². The van der Waals surface area contributed by atoms with Crippen LogP contribution in [0.5, 0.6) is 0 Å². The lowest BCUT2D eigenvalue weighted by molar-refractivity contribution is -0.143. The van der Waals surface area contributed by atoms with Crippen LogP contribution in [-0.2, 0) is 14.3 Å². The molecule has 27 heavy (non-hydrogen) atoms. The number of carbonyl (C=O) groups excluding carboxylic acids is 3. The average Bonchev–Trinajstić information content (AvgIpc) is 3.15. The van der Waals surface area contributed by atoms with Crippen LogP contribution in [0.15, 0.2) is 48.5 Å². The molecule has 0 unspecified atom stereocenters. The van der Waals surface area contributed by atoms with Crippen LogP contribution in [0, 0.1) is 0 Å². The topological polar surface area (TPSA) is 84.5 Å². The molecule has 0 saturated heterocycles. The molecule has 0 aliphatic heterocycles. The van der Waals surface area contributed by atoms with Gasteiger partial charge in [-0.1, -0.05) is 43.7 Å². The molecule has 0 saturated carbocycles. The molecule has 2 N–H and O–H groups in total. The highest BCUT2D eigenvalue weighted by molar-refractivity contribution is 7.16. The number of benzene rings is 1. The summed E-state index contributed by atoms with van der Waals surface area (Å²) in [6, 6.07) is 13.2. The van der Waals surface area contributed by atoms with Gasteiger partial charge in [-0.25, -0.2) is 9.59 Å². The highest BCUT2D eigenvalue weighted by Crippen LogP contribution is 2.28. The Bertz CT molecular complexity index is 799. The van der Waals surface area contributed by atoms with Crippen molar-refractivity contribution in [2.45, 2.75) is 19.8 Å². The van der Waals surface area contributed by atoms with E-state index in [0.29, 0.717) is 6.54 Å². The molecule has 0 aliphatic carbocycles. The summed E-state index contributed by atoms with van der Waals surface area (Å²) in [5, 5.41) is 4.64. The molecule has 0 aliphatic rings. The van der Waals surface area contributed by atoms with Crippen LogP contribution in [0.25, 0.3) is 16.5 Å². The third-order valence-electron chi connectivity index (χ3n) is 3.48. The second-order valence-electron chi connectivity index (χ2n) is 5.67. The summed E-state index contributed by atoms with van der Waals surface area (Å²) in [7, 11) is 0. The molecule has 7 heteroatoms. The van der Waals surface area contributed by atoms with E-state index in [-0.39, 0.29) is 0 Å². The first-order chi connectivity index (χ1) is 13.1. The number of urea groups is 1. The van der Waals surface area contributed by atoms with Crippen molar-refractivity contribution in [2.75, 3.05) is 13.2 Å². The zero-order valence-electron chi connectivity index (χ0n) is 15.1. The number of imide groups is 1. The number of hydrogen-bond acceptors (Lipinski definition) is 5. The molecular weight excluding hydrogens is 364 g/mol. The fourth-order valence-electron chi connectivity index (χ4n) is 2.12. The Labute approximate surface area is 162 Å². The predicted octanol–water partition coefficient (Wildman–Crippen LogP) is 3.60. The van der Waals surface area contributed by atoms with Crippen LogP contribution >= 0.6 is 11.3 Å². The normalized spacial score (nSPS) is 10.6. The first-order valence-electron chi connectivity index (χ1n) is 8.66. The largest absolute Gasteiger partial charge is 0.452 e. The molecule has 0 fully saturated rings. The van der Waals surface area contributed by atoms with Crippen LogP contribution in [0.1, 0.15) is 24.6 Å². The van der Waals surface area contributed by atoms with E-state index < -0.39 is 24.5 Å². The van der Waals surface area contributed by atoms with Gasteiger partial charge in [0.05, 0.1) is 0 Å². The van der Waals surface area contributed by atoms with Gasteiger partial charge in [-0.2, -0.15) is 0 Å². The molecule has 3 amide bonds. The first-order valence-corrected chi connectivity index (χ1v) is 9.48. The van der Waals surface area contributed by atoms with Gasteiger partial charge >= 0.3 is 12.0 Å². The molecule has 2 aromatic rings. The van der Waals surface area contributed by atoms with E-state index in [0.717, 1.165) is 28.2 Å². The van der Waals surface area contributed by atoms with Crippen LogP contribution < -0.4 is 10.6 Å². The van der Waals surface area contributed by atoms with Gasteiger partial charge in [-0.05, 0) is 30.2 Å². The van der Waals surface area contributed by atoms with E-state index in [2.05, 4.69) is 10.6 Å². The van der Waals surface area contributed by atoms with E-state index in [1.165, 1.54) is 6.08 Å². The van der Waals surface area contributed by atoms with Gasteiger partial charge in [-0.15, -0.1) is 11.3 Å². The molecule has 6 nitrogen and oxygen atoms in total. The Kier molecular flexibility index (Phi) is 8.25. The minimum atomic E-state index is -0.673. The summed E-state index contributed by atoms with van der Waals surface area (Å²) in [6.45, 7) is 1.98. The summed E-state index contributed by atoms with van der Waals surface area (Å²) in [5.41, 5.74) is 1.11. The van der Waals surface area contributed by atoms with E-state index >= 15 is 0 Å². The third kappa shape index (κ3) is 7.45. The second kappa shape index (κ2) is 10.9. The van der Waals surface area contributed by atoms with Crippen molar-refractivity contribution >= 4 is 35.3 Å². The van der Waals surface area contributed by atoms with Crippen LogP contribution in [0.2, 0.25) is 0 Å². The lowest BCUT2D eigenvalue weighted by Crippen LogP contribution is -2.41. The summed E-state index contributed by atoms with van der Waals surface area (Å²) in [6.07, 6.45) is 4.66. The Balaban J connectivity index is 1.75. The fourth-order valence-corrected chi connectivity index (χ4v) is 3.04. The SMILES string of the molecule is CCCCNC(=O)NC(=O)COC(=O)/C=C/c1ccc(-c2ccccc2)s1. The number of nitrogens with one attached hydrogen (secondary N) is 2. The van der Waals surface area contributed by atoms with E-state index in [9.17, 15) is 14.4 Å². The summed E-state index contributed by atoms with van der Waals surface area (Å²) >= 11 is 1.54.